The molecule has 0 aliphatic carbocycles. The van der Waals surface area contributed by atoms with Crippen molar-refractivity contribution in [3.63, 3.8) is 0 Å². The zero-order valence-corrected chi connectivity index (χ0v) is 16.6. The molecule has 30 heavy (non-hydrogen) atoms. The van der Waals surface area contributed by atoms with E-state index in [0.29, 0.717) is 25.3 Å². The summed E-state index contributed by atoms with van der Waals surface area (Å²) in [6, 6.07) is 2.64. The first-order valence-electron chi connectivity index (χ1n) is 10.0. The molecule has 1 aromatic rings. The number of carbonyl (C=O) groups is 2. The van der Waals surface area contributed by atoms with Crippen molar-refractivity contribution in [3.05, 3.63) is 35.1 Å². The van der Waals surface area contributed by atoms with Crippen LogP contribution in [0.5, 0.6) is 0 Å². The van der Waals surface area contributed by atoms with Gasteiger partial charge < -0.3 is 20.3 Å². The van der Waals surface area contributed by atoms with Gasteiger partial charge in [0.2, 0.25) is 0 Å². The molecule has 2 amide bonds. The van der Waals surface area contributed by atoms with E-state index in [9.17, 15) is 27.2 Å². The molecule has 2 heterocycles. The molecule has 0 aromatic heterocycles. The maximum absolute atomic E-state index is 13.3. The molecule has 0 spiro atoms. The molecule has 0 radical (unpaired) electrons. The average molecular weight is 431 g/mol. The molecular formula is C20H25F4N3O3. The smallest absolute Gasteiger partial charge is 0.419 e. The number of hydrogen-bond acceptors (Lipinski definition) is 4. The van der Waals surface area contributed by atoms with Gasteiger partial charge in [0.25, 0.3) is 5.91 Å². The van der Waals surface area contributed by atoms with Gasteiger partial charge in [-0.1, -0.05) is 0 Å². The number of hydrogen-bond donors (Lipinski definition) is 2. The second kappa shape index (κ2) is 9.20. The number of rotatable bonds is 6. The van der Waals surface area contributed by atoms with Crippen LogP contribution in [0.1, 0.15) is 48.5 Å². The van der Waals surface area contributed by atoms with Crippen LogP contribution in [0.15, 0.2) is 18.2 Å². The lowest BCUT2D eigenvalue weighted by molar-refractivity contribution is -0.140. The molecule has 2 atom stereocenters. The third kappa shape index (κ3) is 5.03. The number of alkyl halides is 3. The van der Waals surface area contributed by atoms with E-state index in [1.54, 1.807) is 6.92 Å². The van der Waals surface area contributed by atoms with Crippen molar-refractivity contribution < 1.29 is 31.9 Å². The normalized spacial score (nSPS) is 23.4. The van der Waals surface area contributed by atoms with Crippen molar-refractivity contribution in [3.8, 4) is 0 Å². The molecule has 0 saturated carbocycles. The van der Waals surface area contributed by atoms with E-state index < -0.39 is 23.5 Å². The van der Waals surface area contributed by atoms with E-state index in [4.69, 9.17) is 4.74 Å². The monoisotopic (exact) mass is 431 g/mol. The molecule has 3 rings (SSSR count). The predicted octanol–water partition coefficient (Wildman–Crippen LogP) is 3.32. The largest absolute Gasteiger partial charge is 0.450 e. The minimum Gasteiger partial charge on any atom is -0.450 e. The topological polar surface area (TPSA) is 70.7 Å². The molecule has 10 heteroatoms. The Labute approximate surface area is 171 Å². The Morgan fingerprint density at radius 2 is 1.83 bits per heavy atom. The highest BCUT2D eigenvalue weighted by Gasteiger charge is 2.43. The van der Waals surface area contributed by atoms with Crippen LogP contribution < -0.4 is 10.6 Å². The maximum Gasteiger partial charge on any atom is 0.419 e. The van der Waals surface area contributed by atoms with Gasteiger partial charge in [-0.15, -0.1) is 0 Å². The van der Waals surface area contributed by atoms with Gasteiger partial charge in [-0.05, 0) is 50.8 Å². The van der Waals surface area contributed by atoms with Gasteiger partial charge >= 0.3 is 12.3 Å². The minimum atomic E-state index is -4.86. The molecule has 2 aliphatic rings. The number of halogens is 4. The summed E-state index contributed by atoms with van der Waals surface area (Å²) in [6.07, 6.45) is -1.69. The quantitative estimate of drug-likeness (QED) is 0.536. The van der Waals surface area contributed by atoms with Gasteiger partial charge in [0, 0.05) is 36.8 Å². The fourth-order valence-electron chi connectivity index (χ4n) is 4.28. The number of fused-ring (bicyclic) bond motifs is 2. The lowest BCUT2D eigenvalue weighted by atomic mass is 9.98. The SMILES string of the molecule is CCOC(=O)N1C2CCC1CC(NCCNC(=O)c1ccc(F)c(C(F)(F)F)c1)C2. The Hall–Kier alpha value is -2.36. The molecule has 1 aromatic carbocycles. The first-order chi connectivity index (χ1) is 14.2. The third-order valence-corrected chi connectivity index (χ3v) is 5.59. The van der Waals surface area contributed by atoms with Crippen LogP contribution in [0.4, 0.5) is 22.4 Å². The maximum atomic E-state index is 13.3. The summed E-state index contributed by atoms with van der Waals surface area (Å²) in [5, 5.41) is 5.87. The second-order valence-corrected chi connectivity index (χ2v) is 7.56. The summed E-state index contributed by atoms with van der Waals surface area (Å²) in [5.74, 6) is -2.11. The van der Waals surface area contributed by atoms with Crippen LogP contribution in [0.2, 0.25) is 0 Å². The number of ether oxygens (including phenoxy) is 1. The average Bonchev–Trinajstić information content (AvgIpc) is 2.95. The minimum absolute atomic E-state index is 0.134. The van der Waals surface area contributed by atoms with E-state index in [1.807, 2.05) is 4.90 Å². The molecule has 2 unspecified atom stereocenters. The zero-order valence-electron chi connectivity index (χ0n) is 16.6. The van der Waals surface area contributed by atoms with Crippen molar-refractivity contribution in [1.29, 1.82) is 0 Å². The van der Waals surface area contributed by atoms with Gasteiger partial charge in [-0.3, -0.25) is 4.79 Å². The van der Waals surface area contributed by atoms with Crippen LogP contribution >= 0.6 is 0 Å². The van der Waals surface area contributed by atoms with E-state index >= 15 is 0 Å². The van der Waals surface area contributed by atoms with Crippen molar-refractivity contribution >= 4 is 12.0 Å². The van der Waals surface area contributed by atoms with E-state index in [2.05, 4.69) is 10.6 Å². The number of amides is 2. The third-order valence-electron chi connectivity index (χ3n) is 5.59. The van der Waals surface area contributed by atoms with Gasteiger partial charge in [-0.2, -0.15) is 13.2 Å². The number of piperidine rings is 1. The summed E-state index contributed by atoms with van der Waals surface area (Å²) in [5.41, 5.74) is -1.71. The number of carbonyl (C=O) groups excluding carboxylic acids is 2. The summed E-state index contributed by atoms with van der Waals surface area (Å²) in [4.78, 5) is 26.0. The highest BCUT2D eigenvalue weighted by atomic mass is 19.4. The van der Waals surface area contributed by atoms with Crippen molar-refractivity contribution in [2.24, 2.45) is 0 Å². The molecular weight excluding hydrogens is 406 g/mol. The first kappa shape index (κ1) is 22.3. The van der Waals surface area contributed by atoms with Crippen molar-refractivity contribution in [2.45, 2.75) is 56.9 Å². The van der Waals surface area contributed by atoms with Gasteiger partial charge in [0.1, 0.15) is 5.82 Å². The van der Waals surface area contributed by atoms with Crippen molar-refractivity contribution in [2.75, 3.05) is 19.7 Å². The Bertz CT molecular complexity index is 773. The van der Waals surface area contributed by atoms with E-state index in [1.165, 1.54) is 0 Å². The molecule has 2 aliphatic heterocycles. The lowest BCUT2D eigenvalue weighted by Crippen LogP contribution is -2.52. The Morgan fingerprint density at radius 1 is 1.17 bits per heavy atom. The van der Waals surface area contributed by atoms with Gasteiger partial charge in [-0.25, -0.2) is 9.18 Å². The molecule has 2 saturated heterocycles. The fourth-order valence-corrected chi connectivity index (χ4v) is 4.28. The standard InChI is InChI=1S/C20H25F4N3O3/c1-2-30-19(29)27-14-4-5-15(27)11-13(10-14)25-7-8-26-18(28)12-3-6-17(21)16(9-12)20(22,23)24/h3,6,9,13-15,25H,2,4-5,7-8,10-11H2,1H3,(H,26,28). The molecule has 2 bridgehead atoms. The van der Waals surface area contributed by atoms with Crippen LogP contribution in [0.25, 0.3) is 0 Å². The number of nitrogens with zero attached hydrogens (tertiary/aromatic N) is 1. The fraction of sp³-hybridized carbons (Fsp3) is 0.600. The molecule has 2 N–H and O–H groups in total. The Kier molecular flexibility index (Phi) is 6.84. The summed E-state index contributed by atoms with van der Waals surface area (Å²) in [6.45, 7) is 2.76. The summed E-state index contributed by atoms with van der Waals surface area (Å²) >= 11 is 0. The van der Waals surface area contributed by atoms with E-state index in [-0.39, 0.29) is 36.3 Å². The number of nitrogens with one attached hydrogen (secondary N) is 2. The van der Waals surface area contributed by atoms with Gasteiger partial charge in [0.15, 0.2) is 0 Å². The predicted molar refractivity (Wildman–Crippen MR) is 100 cm³/mol. The van der Waals surface area contributed by atoms with Crippen LogP contribution in [0.3, 0.4) is 0 Å². The van der Waals surface area contributed by atoms with Crippen molar-refractivity contribution in [1.82, 2.24) is 15.5 Å². The second-order valence-electron chi connectivity index (χ2n) is 7.56. The molecule has 166 valence electrons. The Morgan fingerprint density at radius 3 is 2.43 bits per heavy atom. The van der Waals surface area contributed by atoms with Crippen LogP contribution in [-0.2, 0) is 10.9 Å². The van der Waals surface area contributed by atoms with E-state index in [0.717, 1.165) is 31.7 Å². The molecule has 2 fully saturated rings. The Balaban J connectivity index is 1.45. The summed E-state index contributed by atoms with van der Waals surface area (Å²) in [7, 11) is 0. The summed E-state index contributed by atoms with van der Waals surface area (Å²) < 4.78 is 56.8. The molecule has 6 nitrogen and oxygen atoms in total. The highest BCUT2D eigenvalue weighted by molar-refractivity contribution is 5.94. The van der Waals surface area contributed by atoms with Crippen LogP contribution in [-0.4, -0.2) is 54.7 Å². The first-order valence-corrected chi connectivity index (χ1v) is 10.0. The highest BCUT2D eigenvalue weighted by Crippen LogP contribution is 2.36. The lowest BCUT2D eigenvalue weighted by Gasteiger charge is -2.38. The zero-order chi connectivity index (χ0) is 21.9. The number of benzene rings is 1. The van der Waals surface area contributed by atoms with Gasteiger partial charge in [0.05, 0.1) is 12.2 Å². The van der Waals surface area contributed by atoms with Crippen LogP contribution in [0, 0.1) is 5.82 Å².